The van der Waals surface area contributed by atoms with Crippen molar-refractivity contribution in [2.24, 2.45) is 0 Å². The minimum atomic E-state index is 0.618. The molecular formula is C77H51N7. The molecule has 6 aromatic heterocycles. The molecule has 84 heavy (non-hydrogen) atoms. The summed E-state index contributed by atoms with van der Waals surface area (Å²) in [5.41, 5.74) is 20.6. The quantitative estimate of drug-likeness (QED) is 0.152. The molecule has 0 spiro atoms. The lowest BCUT2D eigenvalue weighted by molar-refractivity contribution is 1.03. The molecule has 11 aromatic carbocycles. The van der Waals surface area contributed by atoms with E-state index in [0.29, 0.717) is 5.82 Å². The van der Waals surface area contributed by atoms with Gasteiger partial charge in [-0.05, 0) is 74.5 Å². The Morgan fingerprint density at radius 1 is 0.250 bits per heavy atom. The Hall–Kier alpha value is -11.2. The van der Waals surface area contributed by atoms with Gasteiger partial charge in [-0.3, -0.25) is 4.98 Å². The lowest BCUT2D eigenvalue weighted by Crippen LogP contribution is -2.17. The number of nitrogens with zero attached hydrogens (tertiary/aromatic N) is 7. The Bertz CT molecular complexity index is 5250. The molecule has 17 rings (SSSR count). The van der Waals surface area contributed by atoms with Gasteiger partial charge in [0.05, 0.1) is 83.8 Å². The first-order valence-corrected chi connectivity index (χ1v) is 28.7. The Morgan fingerprint density at radius 2 is 0.560 bits per heavy atom. The van der Waals surface area contributed by atoms with E-state index in [0.717, 1.165) is 161 Å². The van der Waals surface area contributed by atoms with Gasteiger partial charge in [0.25, 0.3) is 0 Å². The number of hydrogen-bond donors (Lipinski definition) is 0. The maximum Gasteiger partial charge on any atom is 0.160 e. The molecule has 0 aliphatic carbocycles. The third kappa shape index (κ3) is 7.02. The normalized spacial score (nSPS) is 11.9. The van der Waals surface area contributed by atoms with Crippen molar-refractivity contribution in [1.29, 1.82) is 0 Å². The molecule has 0 aliphatic heterocycles. The second-order valence-corrected chi connectivity index (χ2v) is 21.9. The standard InChI is InChI=1S/C77H51N7/c1-48-45-46-52(49(2)78-48)71-73(81-63-37-17-9-29-53(63)54-30-10-18-38-64(54)81)72(62-47-61(50-25-5-3-6-26-50)79-77(80-62)51-27-7-4-8-28-51)75(83-67-41-21-13-33-57(67)58-34-14-22-42-68(58)83)76(84-69-43-23-15-35-59(69)60-36-16-24-44-70(60)84)74(71)82-65-39-19-11-31-55(65)56-32-12-20-40-66(56)82/h3-47H,1-2H3. The molecule has 0 N–H and O–H groups in total. The van der Waals surface area contributed by atoms with Gasteiger partial charge >= 0.3 is 0 Å². The lowest BCUT2D eigenvalue weighted by Gasteiger charge is -2.31. The van der Waals surface area contributed by atoms with E-state index >= 15 is 0 Å². The Balaban J connectivity index is 1.27. The van der Waals surface area contributed by atoms with E-state index in [-0.39, 0.29) is 0 Å². The van der Waals surface area contributed by atoms with E-state index in [1.807, 2.05) is 0 Å². The van der Waals surface area contributed by atoms with E-state index in [1.54, 1.807) is 0 Å². The van der Waals surface area contributed by atoms with Crippen molar-refractivity contribution < 1.29 is 0 Å². The number of aromatic nitrogens is 7. The molecule has 7 heteroatoms. The zero-order chi connectivity index (χ0) is 55.6. The predicted molar refractivity (Wildman–Crippen MR) is 348 cm³/mol. The first-order valence-electron chi connectivity index (χ1n) is 28.7. The molecule has 394 valence electrons. The molecule has 6 heterocycles. The highest BCUT2D eigenvalue weighted by Crippen LogP contribution is 2.55. The summed E-state index contributed by atoms with van der Waals surface area (Å²) in [7, 11) is 0. The Labute approximate surface area is 483 Å². The minimum absolute atomic E-state index is 0.618. The molecule has 7 nitrogen and oxygen atoms in total. The van der Waals surface area contributed by atoms with E-state index in [1.165, 1.54) is 0 Å². The van der Waals surface area contributed by atoms with Crippen LogP contribution in [0.2, 0.25) is 0 Å². The first kappa shape index (κ1) is 47.6. The van der Waals surface area contributed by atoms with Crippen LogP contribution in [0.15, 0.2) is 273 Å². The van der Waals surface area contributed by atoms with Gasteiger partial charge < -0.3 is 18.3 Å². The third-order valence-corrected chi connectivity index (χ3v) is 17.2. The highest BCUT2D eigenvalue weighted by molar-refractivity contribution is 6.18. The summed E-state index contributed by atoms with van der Waals surface area (Å²) in [4.78, 5) is 17.0. The van der Waals surface area contributed by atoms with Crippen molar-refractivity contribution >= 4 is 87.2 Å². The van der Waals surface area contributed by atoms with Crippen LogP contribution in [-0.4, -0.2) is 33.2 Å². The van der Waals surface area contributed by atoms with Gasteiger partial charge in [-0.2, -0.15) is 0 Å². The predicted octanol–water partition coefficient (Wildman–Crippen LogP) is 19.5. The second kappa shape index (κ2) is 18.7. The molecule has 0 radical (unpaired) electrons. The highest BCUT2D eigenvalue weighted by Gasteiger charge is 2.37. The van der Waals surface area contributed by atoms with Crippen molar-refractivity contribution in [3.63, 3.8) is 0 Å². The summed E-state index contributed by atoms with van der Waals surface area (Å²) in [6, 6.07) is 99.1. The van der Waals surface area contributed by atoms with E-state index in [4.69, 9.17) is 15.0 Å². The summed E-state index contributed by atoms with van der Waals surface area (Å²) < 4.78 is 10.2. The second-order valence-electron chi connectivity index (χ2n) is 21.9. The summed E-state index contributed by atoms with van der Waals surface area (Å²) in [5.74, 6) is 0.618. The summed E-state index contributed by atoms with van der Waals surface area (Å²) in [5, 5.41) is 9.18. The van der Waals surface area contributed by atoms with Crippen LogP contribution < -0.4 is 0 Å². The van der Waals surface area contributed by atoms with Crippen molar-refractivity contribution in [3.05, 3.63) is 284 Å². The van der Waals surface area contributed by atoms with Crippen LogP contribution in [-0.2, 0) is 0 Å². The van der Waals surface area contributed by atoms with Crippen molar-refractivity contribution in [1.82, 2.24) is 33.2 Å². The fraction of sp³-hybridized carbons (Fsp3) is 0.0260. The maximum absolute atomic E-state index is 6.00. The smallest absolute Gasteiger partial charge is 0.160 e. The van der Waals surface area contributed by atoms with E-state index in [2.05, 4.69) is 305 Å². The number of para-hydroxylation sites is 8. The van der Waals surface area contributed by atoms with Crippen LogP contribution in [0, 0.1) is 13.8 Å². The minimum Gasteiger partial charge on any atom is -0.308 e. The van der Waals surface area contributed by atoms with Crippen LogP contribution in [0.1, 0.15) is 11.4 Å². The lowest BCUT2D eigenvalue weighted by atomic mass is 9.90. The largest absolute Gasteiger partial charge is 0.308 e. The topological polar surface area (TPSA) is 58.4 Å². The monoisotopic (exact) mass is 1070 g/mol. The molecule has 0 atom stereocenters. The maximum atomic E-state index is 6.00. The molecular weight excluding hydrogens is 1020 g/mol. The number of aryl methyl sites for hydroxylation is 2. The first-order chi connectivity index (χ1) is 41.6. The summed E-state index contributed by atoms with van der Waals surface area (Å²) >= 11 is 0. The molecule has 0 saturated carbocycles. The van der Waals surface area contributed by atoms with Crippen molar-refractivity contribution in [3.8, 4) is 67.8 Å². The molecule has 0 unspecified atom stereocenters. The van der Waals surface area contributed by atoms with Crippen LogP contribution >= 0.6 is 0 Å². The average molecular weight is 1070 g/mol. The van der Waals surface area contributed by atoms with Crippen LogP contribution in [0.5, 0.6) is 0 Å². The number of hydrogen-bond acceptors (Lipinski definition) is 3. The van der Waals surface area contributed by atoms with Crippen LogP contribution in [0.25, 0.3) is 155 Å². The average Bonchev–Trinajstić information content (AvgIpc) is 1.57. The van der Waals surface area contributed by atoms with Crippen LogP contribution in [0.4, 0.5) is 0 Å². The molecule has 0 bridgehead atoms. The number of fused-ring (bicyclic) bond motifs is 12. The molecule has 0 fully saturated rings. The zero-order valence-electron chi connectivity index (χ0n) is 46.1. The van der Waals surface area contributed by atoms with Gasteiger partial charge in [0.15, 0.2) is 5.82 Å². The third-order valence-electron chi connectivity index (χ3n) is 17.2. The Kier molecular flexibility index (Phi) is 10.6. The number of benzene rings is 11. The van der Waals surface area contributed by atoms with E-state index in [9.17, 15) is 0 Å². The zero-order valence-corrected chi connectivity index (χ0v) is 46.1. The van der Waals surface area contributed by atoms with Gasteiger partial charge in [-0.25, -0.2) is 9.97 Å². The summed E-state index contributed by atoms with van der Waals surface area (Å²) in [6.45, 7) is 4.27. The van der Waals surface area contributed by atoms with Gasteiger partial charge in [0, 0.05) is 76.7 Å². The summed E-state index contributed by atoms with van der Waals surface area (Å²) in [6.07, 6.45) is 0. The molecule has 17 aromatic rings. The SMILES string of the molecule is Cc1ccc(-c2c(-n3c4ccccc4c4ccccc43)c(-c3cc(-c4ccccc4)nc(-c4ccccc4)n3)c(-n3c4ccccc4c4ccccc43)c(-n3c4ccccc4c4ccccc43)c2-n2c3ccccc3c3ccccc32)c(C)n1. The van der Waals surface area contributed by atoms with Crippen molar-refractivity contribution in [2.45, 2.75) is 13.8 Å². The molecule has 0 saturated heterocycles. The van der Waals surface area contributed by atoms with Gasteiger partial charge in [-0.1, -0.05) is 212 Å². The fourth-order valence-electron chi connectivity index (χ4n) is 13.7. The molecule has 0 aliphatic rings. The van der Waals surface area contributed by atoms with Gasteiger partial charge in [0.1, 0.15) is 0 Å². The number of rotatable bonds is 8. The Morgan fingerprint density at radius 3 is 0.940 bits per heavy atom. The van der Waals surface area contributed by atoms with Gasteiger partial charge in [-0.15, -0.1) is 0 Å². The number of pyridine rings is 1. The highest BCUT2D eigenvalue weighted by atomic mass is 15.1. The van der Waals surface area contributed by atoms with Crippen molar-refractivity contribution in [2.75, 3.05) is 0 Å². The van der Waals surface area contributed by atoms with E-state index < -0.39 is 0 Å². The molecule has 0 amide bonds. The van der Waals surface area contributed by atoms with Crippen LogP contribution in [0.3, 0.4) is 0 Å². The fourth-order valence-corrected chi connectivity index (χ4v) is 13.7. The van der Waals surface area contributed by atoms with Gasteiger partial charge in [0.2, 0.25) is 0 Å².